The number of anilines is 1. The number of nitrogens with one attached hydrogen (secondary N) is 1. The van der Waals surface area contributed by atoms with Gasteiger partial charge in [0.25, 0.3) is 6.43 Å². The van der Waals surface area contributed by atoms with E-state index < -0.39 is 13.0 Å². The molecule has 0 bridgehead atoms. The van der Waals surface area contributed by atoms with E-state index in [1.54, 1.807) is 0 Å². The quantitative estimate of drug-likeness (QED) is 0.883. The van der Waals surface area contributed by atoms with Crippen molar-refractivity contribution < 1.29 is 13.6 Å². The van der Waals surface area contributed by atoms with Gasteiger partial charge in [-0.25, -0.2) is 18.7 Å². The Hall–Kier alpha value is -1.79. The number of rotatable bonds is 4. The summed E-state index contributed by atoms with van der Waals surface area (Å²) in [5.74, 6) is 0.900. The first-order valence-corrected chi connectivity index (χ1v) is 6.09. The van der Waals surface area contributed by atoms with Gasteiger partial charge in [0.2, 0.25) is 5.91 Å². The Morgan fingerprint density at radius 1 is 1.47 bits per heavy atom. The molecule has 0 atom stereocenters. The van der Waals surface area contributed by atoms with Crippen LogP contribution in [-0.2, 0) is 4.79 Å². The normalized spacial score (nSPS) is 15.5. The molecule has 0 aliphatic carbocycles. The van der Waals surface area contributed by atoms with E-state index in [1.165, 1.54) is 0 Å². The number of amides is 1. The monoisotopic (exact) mass is 270 g/mol. The summed E-state index contributed by atoms with van der Waals surface area (Å²) in [6.45, 7) is 4.12. The summed E-state index contributed by atoms with van der Waals surface area (Å²) in [6.07, 6.45) is -2.51. The van der Waals surface area contributed by atoms with E-state index in [2.05, 4.69) is 15.3 Å². The van der Waals surface area contributed by atoms with Gasteiger partial charge in [0.1, 0.15) is 11.6 Å². The highest BCUT2D eigenvalue weighted by Crippen LogP contribution is 2.23. The molecule has 1 fully saturated rings. The van der Waals surface area contributed by atoms with Gasteiger partial charge in [0.15, 0.2) is 0 Å². The van der Waals surface area contributed by atoms with Crippen LogP contribution in [0.15, 0.2) is 6.07 Å². The second kappa shape index (κ2) is 5.46. The van der Waals surface area contributed by atoms with Crippen LogP contribution >= 0.6 is 0 Å². The maximum absolute atomic E-state index is 12.0. The highest BCUT2D eigenvalue weighted by atomic mass is 19.3. The van der Waals surface area contributed by atoms with Gasteiger partial charge >= 0.3 is 0 Å². The molecule has 1 N–H and O–H groups in total. The minimum atomic E-state index is -2.51. The zero-order chi connectivity index (χ0) is 14.0. The molecule has 1 aliphatic rings. The molecular weight excluding hydrogens is 254 g/mol. The molecule has 1 aliphatic heterocycles. The molecule has 5 nitrogen and oxygen atoms in total. The average Bonchev–Trinajstić information content (AvgIpc) is 2.22. The van der Waals surface area contributed by atoms with Crippen molar-refractivity contribution in [3.05, 3.63) is 17.6 Å². The van der Waals surface area contributed by atoms with Gasteiger partial charge < -0.3 is 10.2 Å². The fraction of sp³-hybridized carbons (Fsp3) is 0.583. The maximum Gasteiger partial charge on any atom is 0.255 e. The standard InChI is InChI=1S/C12H16F2N4O/c1-7-3-11(17-8(2)16-7)18-5-9(6-18)12(19)15-4-10(13)14/h3,9-10H,4-6H2,1-2H3,(H,15,19). The Kier molecular flexibility index (Phi) is 3.92. The van der Waals surface area contributed by atoms with Gasteiger partial charge in [-0.15, -0.1) is 0 Å². The molecule has 0 aromatic carbocycles. The molecule has 2 rings (SSSR count). The van der Waals surface area contributed by atoms with E-state index in [-0.39, 0.29) is 11.8 Å². The van der Waals surface area contributed by atoms with Crippen molar-refractivity contribution in [2.24, 2.45) is 5.92 Å². The molecule has 19 heavy (non-hydrogen) atoms. The van der Waals surface area contributed by atoms with Crippen molar-refractivity contribution in [2.45, 2.75) is 20.3 Å². The zero-order valence-electron chi connectivity index (χ0n) is 10.9. The molecule has 1 saturated heterocycles. The lowest BCUT2D eigenvalue weighted by molar-refractivity contribution is -0.126. The predicted molar refractivity (Wildman–Crippen MR) is 66.2 cm³/mol. The average molecular weight is 270 g/mol. The van der Waals surface area contributed by atoms with E-state index in [1.807, 2.05) is 24.8 Å². The van der Waals surface area contributed by atoms with Gasteiger partial charge in [0.05, 0.1) is 12.5 Å². The van der Waals surface area contributed by atoms with Crippen LogP contribution in [0.25, 0.3) is 0 Å². The van der Waals surface area contributed by atoms with Gasteiger partial charge in [-0.3, -0.25) is 4.79 Å². The molecule has 104 valence electrons. The first kappa shape index (κ1) is 13.6. The van der Waals surface area contributed by atoms with Crippen LogP contribution in [0, 0.1) is 19.8 Å². The van der Waals surface area contributed by atoms with E-state index in [9.17, 15) is 13.6 Å². The number of carbonyl (C=O) groups is 1. The maximum atomic E-state index is 12.0. The summed E-state index contributed by atoms with van der Waals surface area (Å²) < 4.78 is 23.9. The third-order valence-corrected chi connectivity index (χ3v) is 2.96. The van der Waals surface area contributed by atoms with Crippen LogP contribution in [0.3, 0.4) is 0 Å². The van der Waals surface area contributed by atoms with Crippen molar-refractivity contribution in [1.29, 1.82) is 0 Å². The summed E-state index contributed by atoms with van der Waals surface area (Å²) in [4.78, 5) is 21.9. The van der Waals surface area contributed by atoms with Gasteiger partial charge in [-0.05, 0) is 13.8 Å². The highest BCUT2D eigenvalue weighted by Gasteiger charge is 2.33. The first-order valence-electron chi connectivity index (χ1n) is 6.09. The molecule has 0 spiro atoms. The molecule has 7 heteroatoms. The smallest absolute Gasteiger partial charge is 0.255 e. The molecule has 0 saturated carbocycles. The van der Waals surface area contributed by atoms with E-state index in [4.69, 9.17) is 0 Å². The third kappa shape index (κ3) is 3.36. The largest absolute Gasteiger partial charge is 0.355 e. The van der Waals surface area contributed by atoms with Gasteiger partial charge in [-0.2, -0.15) is 0 Å². The second-order valence-corrected chi connectivity index (χ2v) is 4.65. The van der Waals surface area contributed by atoms with Crippen molar-refractivity contribution in [1.82, 2.24) is 15.3 Å². The van der Waals surface area contributed by atoms with Crippen LogP contribution in [0.1, 0.15) is 11.5 Å². The summed E-state index contributed by atoms with van der Waals surface area (Å²) in [5.41, 5.74) is 0.869. The Morgan fingerprint density at radius 3 is 2.74 bits per heavy atom. The lowest BCUT2D eigenvalue weighted by Gasteiger charge is -2.39. The molecular formula is C12H16F2N4O. The van der Waals surface area contributed by atoms with Crippen LogP contribution < -0.4 is 10.2 Å². The fourth-order valence-electron chi connectivity index (χ4n) is 2.01. The molecule has 1 aromatic rings. The number of halogens is 2. The van der Waals surface area contributed by atoms with E-state index >= 15 is 0 Å². The molecule has 1 aromatic heterocycles. The highest BCUT2D eigenvalue weighted by molar-refractivity contribution is 5.81. The van der Waals surface area contributed by atoms with Gasteiger partial charge in [-0.1, -0.05) is 0 Å². The summed E-state index contributed by atoms with van der Waals surface area (Å²) in [7, 11) is 0. The van der Waals surface area contributed by atoms with Crippen LogP contribution in [0.4, 0.5) is 14.6 Å². The fourth-order valence-corrected chi connectivity index (χ4v) is 2.01. The van der Waals surface area contributed by atoms with E-state index in [0.717, 1.165) is 11.5 Å². The van der Waals surface area contributed by atoms with Crippen molar-refractivity contribution in [3.63, 3.8) is 0 Å². The Morgan fingerprint density at radius 2 is 2.16 bits per heavy atom. The first-order chi connectivity index (χ1) is 8.95. The number of nitrogens with zero attached hydrogens (tertiary/aromatic N) is 3. The minimum Gasteiger partial charge on any atom is -0.355 e. The van der Waals surface area contributed by atoms with E-state index in [0.29, 0.717) is 18.9 Å². The molecule has 0 unspecified atom stereocenters. The van der Waals surface area contributed by atoms with Crippen LogP contribution in [-0.4, -0.2) is 41.9 Å². The Labute approximate surface area is 110 Å². The number of carbonyl (C=O) groups excluding carboxylic acids is 1. The Balaban J connectivity index is 1.87. The van der Waals surface area contributed by atoms with Crippen molar-refractivity contribution in [3.8, 4) is 0 Å². The number of hydrogen-bond acceptors (Lipinski definition) is 4. The van der Waals surface area contributed by atoms with Crippen molar-refractivity contribution in [2.75, 3.05) is 24.5 Å². The number of aromatic nitrogens is 2. The lowest BCUT2D eigenvalue weighted by atomic mass is 9.99. The molecule has 2 heterocycles. The minimum absolute atomic E-state index is 0.241. The Bertz CT molecular complexity index is 455. The van der Waals surface area contributed by atoms with Crippen LogP contribution in [0.2, 0.25) is 0 Å². The van der Waals surface area contributed by atoms with Crippen LogP contribution in [0.5, 0.6) is 0 Å². The SMILES string of the molecule is Cc1cc(N2CC(C(=O)NCC(F)F)C2)nc(C)n1. The number of aryl methyl sites for hydroxylation is 2. The zero-order valence-corrected chi connectivity index (χ0v) is 10.9. The van der Waals surface area contributed by atoms with Gasteiger partial charge in [0, 0.05) is 24.8 Å². The second-order valence-electron chi connectivity index (χ2n) is 4.65. The molecule has 0 radical (unpaired) electrons. The summed E-state index contributed by atoms with van der Waals surface area (Å²) in [6, 6.07) is 1.85. The third-order valence-electron chi connectivity index (χ3n) is 2.96. The summed E-state index contributed by atoms with van der Waals surface area (Å²) in [5, 5.41) is 2.23. The van der Waals surface area contributed by atoms with Crippen molar-refractivity contribution >= 4 is 11.7 Å². The number of hydrogen-bond donors (Lipinski definition) is 1. The lowest BCUT2D eigenvalue weighted by Crippen LogP contribution is -2.54. The topological polar surface area (TPSA) is 58.1 Å². The number of alkyl halides is 2. The predicted octanol–water partition coefficient (Wildman–Crippen LogP) is 0.911. The molecule has 1 amide bonds. The summed E-state index contributed by atoms with van der Waals surface area (Å²) >= 11 is 0.